The lowest BCUT2D eigenvalue weighted by molar-refractivity contribution is -0.117. The number of benzene rings is 1. The van der Waals surface area contributed by atoms with Gasteiger partial charge < -0.3 is 19.7 Å². The molecule has 6 heteroatoms. The number of carbonyl (C=O) groups excluding carboxylic acids is 2. The number of likely N-dealkylation sites (tertiary alicyclic amines) is 1. The third-order valence-electron chi connectivity index (χ3n) is 3.63. The average molecular weight is 302 g/mol. The number of amides is 2. The molecule has 116 valence electrons. The Morgan fingerprint density at radius 2 is 1.95 bits per heavy atom. The van der Waals surface area contributed by atoms with Gasteiger partial charge in [0.1, 0.15) is 19.5 Å². The van der Waals surface area contributed by atoms with Gasteiger partial charge in [-0.05, 0) is 31.0 Å². The van der Waals surface area contributed by atoms with Crippen LogP contribution in [-0.4, -0.2) is 43.0 Å². The molecule has 0 aromatic heterocycles. The van der Waals surface area contributed by atoms with Crippen molar-refractivity contribution in [1.82, 2.24) is 4.90 Å². The predicted molar refractivity (Wildman–Crippen MR) is 80.2 cm³/mol. The molecule has 6 nitrogen and oxygen atoms in total. The highest BCUT2D eigenvalue weighted by Gasteiger charge is 2.20. The molecule has 2 heterocycles. The molecule has 3 rings (SSSR count). The summed E-state index contributed by atoms with van der Waals surface area (Å²) in [4.78, 5) is 26.2. The molecule has 0 bridgehead atoms. The Morgan fingerprint density at radius 1 is 1.14 bits per heavy atom. The zero-order valence-corrected chi connectivity index (χ0v) is 12.2. The highest BCUT2D eigenvalue weighted by Crippen LogP contribution is 2.17. The topological polar surface area (TPSA) is 67.9 Å². The van der Waals surface area contributed by atoms with Crippen molar-refractivity contribution < 1.29 is 19.1 Å². The van der Waals surface area contributed by atoms with Gasteiger partial charge in [-0.3, -0.25) is 9.59 Å². The van der Waals surface area contributed by atoms with Crippen molar-refractivity contribution in [2.45, 2.75) is 12.8 Å². The minimum Gasteiger partial charge on any atom is -0.494 e. The number of anilines is 1. The highest BCUT2D eigenvalue weighted by atomic mass is 16.6. The summed E-state index contributed by atoms with van der Waals surface area (Å²) in [7, 11) is 0. The number of nitrogens with one attached hydrogen (secondary N) is 1. The Labute approximate surface area is 128 Å². The van der Waals surface area contributed by atoms with Gasteiger partial charge in [-0.15, -0.1) is 0 Å². The van der Waals surface area contributed by atoms with E-state index in [1.165, 1.54) is 6.26 Å². The van der Waals surface area contributed by atoms with Crippen molar-refractivity contribution in [2.75, 3.05) is 31.6 Å². The van der Waals surface area contributed by atoms with E-state index in [0.29, 0.717) is 24.5 Å². The van der Waals surface area contributed by atoms with Crippen LogP contribution in [0.2, 0.25) is 0 Å². The van der Waals surface area contributed by atoms with Crippen LogP contribution in [0.5, 0.6) is 0 Å². The second-order valence-corrected chi connectivity index (χ2v) is 5.24. The van der Waals surface area contributed by atoms with Gasteiger partial charge in [0, 0.05) is 24.3 Å². The highest BCUT2D eigenvalue weighted by molar-refractivity contribution is 6.03. The normalized spacial score (nSPS) is 17.3. The van der Waals surface area contributed by atoms with Crippen LogP contribution >= 0.6 is 0 Å². The molecule has 2 aliphatic heterocycles. The van der Waals surface area contributed by atoms with Gasteiger partial charge >= 0.3 is 0 Å². The molecule has 2 amide bonds. The Balaban J connectivity index is 1.69. The summed E-state index contributed by atoms with van der Waals surface area (Å²) < 4.78 is 10.3. The van der Waals surface area contributed by atoms with Crippen LogP contribution in [0.1, 0.15) is 23.2 Å². The first-order valence-electron chi connectivity index (χ1n) is 7.39. The molecule has 0 radical (unpaired) electrons. The van der Waals surface area contributed by atoms with Crippen LogP contribution in [0.15, 0.2) is 36.3 Å². The van der Waals surface area contributed by atoms with Crippen molar-refractivity contribution in [1.29, 1.82) is 0 Å². The Bertz CT molecular complexity index is 606. The summed E-state index contributed by atoms with van der Waals surface area (Å²) >= 11 is 0. The van der Waals surface area contributed by atoms with Gasteiger partial charge in [0.2, 0.25) is 5.76 Å². The largest absolute Gasteiger partial charge is 0.494 e. The fraction of sp³-hybridized carbons (Fsp3) is 0.375. The van der Waals surface area contributed by atoms with Gasteiger partial charge in [-0.25, -0.2) is 0 Å². The average Bonchev–Trinajstić information content (AvgIpc) is 3.09. The summed E-state index contributed by atoms with van der Waals surface area (Å²) in [5.41, 5.74) is 1.14. The van der Waals surface area contributed by atoms with E-state index < -0.39 is 0 Å². The molecule has 2 aliphatic rings. The molecule has 0 atom stereocenters. The maximum absolute atomic E-state index is 12.3. The number of hydrogen-bond acceptors (Lipinski definition) is 4. The molecule has 0 aliphatic carbocycles. The Morgan fingerprint density at radius 3 is 2.68 bits per heavy atom. The van der Waals surface area contributed by atoms with Crippen molar-refractivity contribution in [2.24, 2.45) is 0 Å². The first kappa shape index (κ1) is 14.4. The maximum atomic E-state index is 12.3. The van der Waals surface area contributed by atoms with Gasteiger partial charge in [-0.2, -0.15) is 0 Å². The molecule has 0 spiro atoms. The monoisotopic (exact) mass is 302 g/mol. The van der Waals surface area contributed by atoms with E-state index in [2.05, 4.69) is 5.32 Å². The zero-order valence-electron chi connectivity index (χ0n) is 12.2. The molecular weight excluding hydrogens is 284 g/mol. The molecule has 0 unspecified atom stereocenters. The lowest BCUT2D eigenvalue weighted by Crippen LogP contribution is -2.27. The van der Waals surface area contributed by atoms with E-state index in [1.54, 1.807) is 24.3 Å². The van der Waals surface area contributed by atoms with E-state index in [4.69, 9.17) is 9.47 Å². The second kappa shape index (κ2) is 6.51. The fourth-order valence-corrected chi connectivity index (χ4v) is 2.51. The smallest absolute Gasteiger partial charge is 0.294 e. The molecule has 1 N–H and O–H groups in total. The third-order valence-corrected chi connectivity index (χ3v) is 3.63. The molecule has 1 aromatic carbocycles. The lowest BCUT2D eigenvalue weighted by atomic mass is 10.1. The molecular formula is C16H18N2O4. The lowest BCUT2D eigenvalue weighted by Gasteiger charge is -2.17. The summed E-state index contributed by atoms with van der Waals surface area (Å²) in [6, 6.07) is 6.94. The number of carbonyl (C=O) groups is 2. The van der Waals surface area contributed by atoms with E-state index in [1.807, 2.05) is 4.90 Å². The van der Waals surface area contributed by atoms with Crippen LogP contribution < -0.4 is 5.32 Å². The predicted octanol–water partition coefficient (Wildman–Crippen LogP) is 1.75. The quantitative estimate of drug-likeness (QED) is 0.923. The van der Waals surface area contributed by atoms with Crippen LogP contribution in [0.25, 0.3) is 0 Å². The number of ether oxygens (including phenoxy) is 2. The molecule has 1 saturated heterocycles. The van der Waals surface area contributed by atoms with Gasteiger partial charge in [0.05, 0.1) is 0 Å². The zero-order chi connectivity index (χ0) is 15.4. The fourth-order valence-electron chi connectivity index (χ4n) is 2.51. The molecule has 22 heavy (non-hydrogen) atoms. The van der Waals surface area contributed by atoms with Crippen LogP contribution in [0.4, 0.5) is 5.69 Å². The molecule has 0 saturated carbocycles. The summed E-state index contributed by atoms with van der Waals surface area (Å²) in [6.45, 7) is 2.39. The van der Waals surface area contributed by atoms with Crippen LogP contribution in [-0.2, 0) is 14.3 Å². The first-order valence-corrected chi connectivity index (χ1v) is 7.39. The van der Waals surface area contributed by atoms with Gasteiger partial charge in [-0.1, -0.05) is 6.07 Å². The minimum atomic E-state index is -0.384. The van der Waals surface area contributed by atoms with E-state index >= 15 is 0 Å². The number of rotatable bonds is 3. The van der Waals surface area contributed by atoms with Gasteiger partial charge in [0.15, 0.2) is 0 Å². The van der Waals surface area contributed by atoms with Crippen LogP contribution in [0, 0.1) is 0 Å². The first-order chi connectivity index (χ1) is 10.7. The SMILES string of the molecule is O=C(Nc1cccc(C(=O)N2CCCC2)c1)C1=COCCO1. The third kappa shape index (κ3) is 3.21. The number of hydrogen-bond donors (Lipinski definition) is 1. The Kier molecular flexibility index (Phi) is 4.27. The van der Waals surface area contributed by atoms with Crippen molar-refractivity contribution >= 4 is 17.5 Å². The summed E-state index contributed by atoms with van der Waals surface area (Å²) in [6.07, 6.45) is 3.40. The van der Waals surface area contributed by atoms with E-state index in [9.17, 15) is 9.59 Å². The van der Waals surface area contributed by atoms with Crippen molar-refractivity contribution in [3.05, 3.63) is 41.9 Å². The van der Waals surface area contributed by atoms with E-state index in [0.717, 1.165) is 25.9 Å². The van der Waals surface area contributed by atoms with Gasteiger partial charge in [0.25, 0.3) is 11.8 Å². The number of nitrogens with zero attached hydrogens (tertiary/aromatic N) is 1. The Hall–Kier alpha value is -2.50. The van der Waals surface area contributed by atoms with Crippen molar-refractivity contribution in [3.63, 3.8) is 0 Å². The maximum Gasteiger partial charge on any atom is 0.294 e. The second-order valence-electron chi connectivity index (χ2n) is 5.24. The van der Waals surface area contributed by atoms with E-state index in [-0.39, 0.29) is 17.6 Å². The van der Waals surface area contributed by atoms with Crippen molar-refractivity contribution in [3.8, 4) is 0 Å². The molecule has 1 fully saturated rings. The van der Waals surface area contributed by atoms with Crippen LogP contribution in [0.3, 0.4) is 0 Å². The standard InChI is InChI=1S/C16H18N2O4/c19-15(14-11-21-8-9-22-14)17-13-5-3-4-12(10-13)16(20)18-6-1-2-7-18/h3-5,10-11H,1-2,6-9H2,(H,17,19). The minimum absolute atomic E-state index is 0.00469. The summed E-state index contributed by atoms with van der Waals surface area (Å²) in [5.74, 6) is -0.238. The summed E-state index contributed by atoms with van der Waals surface area (Å²) in [5, 5.41) is 2.71. The molecule has 1 aromatic rings.